The summed E-state index contributed by atoms with van der Waals surface area (Å²) in [6.07, 6.45) is -3.89. The number of hydrogen-bond acceptors (Lipinski definition) is 2. The Labute approximate surface area is 148 Å². The van der Waals surface area contributed by atoms with Crippen LogP contribution in [0, 0.1) is 5.92 Å². The van der Waals surface area contributed by atoms with Gasteiger partial charge in [0, 0.05) is 18.7 Å². The number of rotatable bonds is 3. The highest BCUT2D eigenvalue weighted by atomic mass is 19.4. The maximum absolute atomic E-state index is 12.8. The Hall–Kier alpha value is -2.83. The second kappa shape index (κ2) is 6.82. The Morgan fingerprint density at radius 2 is 1.69 bits per heavy atom. The van der Waals surface area contributed by atoms with Crippen LogP contribution in [0.25, 0.3) is 11.1 Å². The number of amides is 2. The van der Waals surface area contributed by atoms with Crippen molar-refractivity contribution < 1.29 is 22.8 Å². The fraction of sp³-hybridized carbons (Fsp3) is 0.263. The number of nitrogens with zero attached hydrogens (tertiary/aromatic N) is 1. The van der Waals surface area contributed by atoms with Gasteiger partial charge in [0.2, 0.25) is 5.91 Å². The number of primary amides is 1. The Bertz CT molecular complexity index is 831. The highest BCUT2D eigenvalue weighted by Gasteiger charge is 2.32. The highest BCUT2D eigenvalue weighted by Crippen LogP contribution is 2.32. The lowest BCUT2D eigenvalue weighted by Crippen LogP contribution is -2.32. The van der Waals surface area contributed by atoms with Gasteiger partial charge in [-0.05, 0) is 35.7 Å². The number of halogens is 3. The van der Waals surface area contributed by atoms with Crippen molar-refractivity contribution in [3.05, 3.63) is 59.7 Å². The van der Waals surface area contributed by atoms with E-state index in [9.17, 15) is 22.8 Å². The van der Waals surface area contributed by atoms with Gasteiger partial charge in [0.15, 0.2) is 0 Å². The van der Waals surface area contributed by atoms with E-state index in [1.165, 1.54) is 12.1 Å². The maximum Gasteiger partial charge on any atom is 0.416 e. The summed E-state index contributed by atoms with van der Waals surface area (Å²) in [7, 11) is 0. The molecule has 4 nitrogen and oxygen atoms in total. The number of likely N-dealkylation sites (tertiary alicyclic amines) is 1. The predicted molar refractivity (Wildman–Crippen MR) is 90.1 cm³/mol. The Morgan fingerprint density at radius 1 is 1.04 bits per heavy atom. The smallest absolute Gasteiger partial charge is 0.369 e. The molecular weight excluding hydrogens is 345 g/mol. The van der Waals surface area contributed by atoms with Gasteiger partial charge in [0.1, 0.15) is 0 Å². The zero-order valence-corrected chi connectivity index (χ0v) is 13.8. The minimum atomic E-state index is -4.41. The first-order valence-electron chi connectivity index (χ1n) is 8.12. The quantitative estimate of drug-likeness (QED) is 0.910. The molecule has 0 saturated carbocycles. The summed E-state index contributed by atoms with van der Waals surface area (Å²) in [6.45, 7) is 0.684. The number of hydrogen-bond donors (Lipinski definition) is 1. The Balaban J connectivity index is 1.89. The summed E-state index contributed by atoms with van der Waals surface area (Å²) >= 11 is 0. The van der Waals surface area contributed by atoms with E-state index in [0.29, 0.717) is 29.7 Å². The first kappa shape index (κ1) is 18.0. The molecule has 0 aromatic heterocycles. The zero-order chi connectivity index (χ0) is 18.9. The summed E-state index contributed by atoms with van der Waals surface area (Å²) in [5, 5.41) is 0. The van der Waals surface area contributed by atoms with Crippen LogP contribution in [0.1, 0.15) is 22.3 Å². The molecule has 1 fully saturated rings. The van der Waals surface area contributed by atoms with E-state index < -0.39 is 17.6 Å². The summed E-state index contributed by atoms with van der Waals surface area (Å²) in [6, 6.07) is 11.4. The van der Waals surface area contributed by atoms with Gasteiger partial charge in [-0.25, -0.2) is 0 Å². The minimum absolute atomic E-state index is 0.259. The molecule has 136 valence electrons. The summed E-state index contributed by atoms with van der Waals surface area (Å²) in [5.41, 5.74) is 6.02. The van der Waals surface area contributed by atoms with Crippen molar-refractivity contribution in [2.45, 2.75) is 12.6 Å². The van der Waals surface area contributed by atoms with E-state index in [4.69, 9.17) is 5.73 Å². The molecule has 2 amide bonds. The molecule has 2 N–H and O–H groups in total. The van der Waals surface area contributed by atoms with Crippen LogP contribution in [0.2, 0.25) is 0 Å². The van der Waals surface area contributed by atoms with Crippen LogP contribution in [-0.2, 0) is 11.0 Å². The van der Waals surface area contributed by atoms with Crippen LogP contribution in [0.15, 0.2) is 48.5 Å². The largest absolute Gasteiger partial charge is 0.416 e. The number of alkyl halides is 3. The molecular formula is C19H17F3N2O2. The molecule has 0 radical (unpaired) electrons. The first-order valence-corrected chi connectivity index (χ1v) is 8.12. The average Bonchev–Trinajstić information content (AvgIpc) is 3.11. The standard InChI is InChI=1S/C19H17F3N2O2/c20-19(21,22)14-7-5-12(6-8-14)15-3-1-2-4-16(15)18(26)24-10-9-13(11-24)17(23)25/h1-8,13H,9-11H2,(H2,23,25)/t13-/m1/s1. The van der Waals surface area contributed by atoms with Crippen LogP contribution < -0.4 is 5.73 Å². The molecule has 7 heteroatoms. The number of benzene rings is 2. The Morgan fingerprint density at radius 3 is 2.27 bits per heavy atom. The number of carbonyl (C=O) groups is 2. The lowest BCUT2D eigenvalue weighted by Gasteiger charge is -2.18. The van der Waals surface area contributed by atoms with E-state index in [2.05, 4.69) is 0 Å². The molecule has 2 aromatic rings. The van der Waals surface area contributed by atoms with E-state index in [-0.39, 0.29) is 18.4 Å². The van der Waals surface area contributed by atoms with Crippen molar-refractivity contribution in [3.63, 3.8) is 0 Å². The van der Waals surface area contributed by atoms with Crippen molar-refractivity contribution >= 4 is 11.8 Å². The normalized spacial score (nSPS) is 17.3. The average molecular weight is 362 g/mol. The summed E-state index contributed by atoms with van der Waals surface area (Å²) < 4.78 is 38.2. The van der Waals surface area contributed by atoms with E-state index in [1.807, 2.05) is 0 Å². The number of carbonyl (C=O) groups excluding carboxylic acids is 2. The zero-order valence-electron chi connectivity index (χ0n) is 13.8. The topological polar surface area (TPSA) is 63.4 Å². The minimum Gasteiger partial charge on any atom is -0.369 e. The molecule has 3 rings (SSSR count). The molecule has 26 heavy (non-hydrogen) atoms. The van der Waals surface area contributed by atoms with E-state index in [0.717, 1.165) is 12.1 Å². The van der Waals surface area contributed by atoms with Gasteiger partial charge in [-0.2, -0.15) is 13.2 Å². The van der Waals surface area contributed by atoms with Crippen molar-refractivity contribution in [3.8, 4) is 11.1 Å². The van der Waals surface area contributed by atoms with Crippen LogP contribution in [-0.4, -0.2) is 29.8 Å². The lowest BCUT2D eigenvalue weighted by atomic mass is 9.98. The van der Waals surface area contributed by atoms with Gasteiger partial charge in [0.05, 0.1) is 11.5 Å². The van der Waals surface area contributed by atoms with Crippen LogP contribution in [0.5, 0.6) is 0 Å². The second-order valence-electron chi connectivity index (χ2n) is 6.26. The van der Waals surface area contributed by atoms with Crippen molar-refractivity contribution in [1.29, 1.82) is 0 Å². The molecule has 1 aliphatic heterocycles. The molecule has 0 bridgehead atoms. The molecule has 0 unspecified atom stereocenters. The fourth-order valence-electron chi connectivity index (χ4n) is 3.11. The Kier molecular flexibility index (Phi) is 4.71. The highest BCUT2D eigenvalue weighted by molar-refractivity contribution is 6.01. The molecule has 1 atom stereocenters. The van der Waals surface area contributed by atoms with Crippen LogP contribution in [0.4, 0.5) is 13.2 Å². The molecule has 1 aliphatic rings. The maximum atomic E-state index is 12.8. The molecule has 0 spiro atoms. The number of nitrogens with two attached hydrogens (primary N) is 1. The van der Waals surface area contributed by atoms with Gasteiger partial charge in [-0.15, -0.1) is 0 Å². The van der Waals surface area contributed by atoms with Crippen LogP contribution in [0.3, 0.4) is 0 Å². The van der Waals surface area contributed by atoms with Gasteiger partial charge >= 0.3 is 6.18 Å². The summed E-state index contributed by atoms with van der Waals surface area (Å²) in [4.78, 5) is 25.7. The van der Waals surface area contributed by atoms with Gasteiger partial charge in [0.25, 0.3) is 5.91 Å². The molecule has 0 aliphatic carbocycles. The van der Waals surface area contributed by atoms with Crippen molar-refractivity contribution in [1.82, 2.24) is 4.90 Å². The third-order valence-electron chi connectivity index (χ3n) is 4.56. The van der Waals surface area contributed by atoms with E-state index in [1.54, 1.807) is 29.2 Å². The monoisotopic (exact) mass is 362 g/mol. The van der Waals surface area contributed by atoms with Crippen molar-refractivity contribution in [2.75, 3.05) is 13.1 Å². The van der Waals surface area contributed by atoms with Crippen molar-refractivity contribution in [2.24, 2.45) is 11.7 Å². The molecule has 2 aromatic carbocycles. The third-order valence-corrected chi connectivity index (χ3v) is 4.56. The third kappa shape index (κ3) is 3.56. The van der Waals surface area contributed by atoms with E-state index >= 15 is 0 Å². The molecule has 1 saturated heterocycles. The fourth-order valence-corrected chi connectivity index (χ4v) is 3.11. The lowest BCUT2D eigenvalue weighted by molar-refractivity contribution is -0.137. The summed E-state index contributed by atoms with van der Waals surface area (Å²) in [5.74, 6) is -1.06. The van der Waals surface area contributed by atoms with Gasteiger partial charge in [-0.3, -0.25) is 9.59 Å². The van der Waals surface area contributed by atoms with Gasteiger partial charge in [-0.1, -0.05) is 30.3 Å². The SMILES string of the molecule is NC(=O)[C@@H]1CCN(C(=O)c2ccccc2-c2ccc(C(F)(F)F)cc2)C1. The first-order chi connectivity index (χ1) is 12.3. The predicted octanol–water partition coefficient (Wildman–Crippen LogP) is 3.32. The van der Waals surface area contributed by atoms with Crippen LogP contribution >= 0.6 is 0 Å². The van der Waals surface area contributed by atoms with Gasteiger partial charge < -0.3 is 10.6 Å². The molecule has 1 heterocycles. The second-order valence-corrected chi connectivity index (χ2v) is 6.26.